The van der Waals surface area contributed by atoms with E-state index in [1.165, 1.54) is 11.3 Å². The average Bonchev–Trinajstić information content (AvgIpc) is 3.05. The van der Waals surface area contributed by atoms with Gasteiger partial charge in [0.2, 0.25) is 0 Å². The monoisotopic (exact) mass is 382 g/mol. The normalized spacial score (nSPS) is 10.1. The van der Waals surface area contributed by atoms with Gasteiger partial charge in [0.05, 0.1) is 17.0 Å². The van der Waals surface area contributed by atoms with Gasteiger partial charge in [-0.15, -0.1) is 11.3 Å². The number of amides is 2. The third kappa shape index (κ3) is 4.32. The van der Waals surface area contributed by atoms with Crippen LogP contribution in [-0.4, -0.2) is 18.4 Å². The van der Waals surface area contributed by atoms with Crippen molar-refractivity contribution in [3.05, 3.63) is 50.6 Å². The number of hydrogen-bond donors (Lipinski definition) is 2. The number of nitrogens with one attached hydrogen (secondary N) is 2. The van der Waals surface area contributed by atoms with Gasteiger partial charge < -0.3 is 4.74 Å². The van der Waals surface area contributed by atoms with Crippen LogP contribution in [0.25, 0.3) is 0 Å². The fourth-order valence-corrected chi connectivity index (χ4v) is 2.65. The van der Waals surface area contributed by atoms with E-state index < -0.39 is 5.91 Å². The van der Waals surface area contributed by atoms with Gasteiger partial charge in [-0.2, -0.15) is 0 Å². The smallest absolute Gasteiger partial charge is 0.279 e. The van der Waals surface area contributed by atoms with Gasteiger partial charge >= 0.3 is 0 Å². The zero-order valence-corrected chi connectivity index (χ0v) is 14.3. The molecule has 2 amide bonds. The van der Waals surface area contributed by atoms with E-state index in [0.29, 0.717) is 22.8 Å². The Morgan fingerprint density at radius 3 is 2.68 bits per heavy atom. The van der Waals surface area contributed by atoms with Gasteiger partial charge in [0.25, 0.3) is 11.8 Å². The second-order valence-corrected chi connectivity index (χ2v) is 6.24. The number of carbonyl (C=O) groups is 2. The first-order valence-electron chi connectivity index (χ1n) is 6.68. The Balaban J connectivity index is 2.05. The summed E-state index contributed by atoms with van der Waals surface area (Å²) >= 11 is 4.62. The SMILES string of the molecule is CCCOc1ccc(Br)cc1C(=O)NNC(=O)c1cccs1. The molecule has 0 unspecified atom stereocenters. The Hall–Kier alpha value is -1.86. The molecule has 0 bridgehead atoms. The van der Waals surface area contributed by atoms with E-state index in [9.17, 15) is 9.59 Å². The molecule has 2 rings (SSSR count). The lowest BCUT2D eigenvalue weighted by molar-refractivity contribution is 0.0846. The molecule has 0 saturated carbocycles. The third-order valence-electron chi connectivity index (χ3n) is 2.68. The van der Waals surface area contributed by atoms with Gasteiger partial charge in [0.15, 0.2) is 0 Å². The van der Waals surface area contributed by atoms with Gasteiger partial charge in [0, 0.05) is 4.47 Å². The van der Waals surface area contributed by atoms with Gasteiger partial charge in [-0.25, -0.2) is 0 Å². The minimum absolute atomic E-state index is 0.352. The van der Waals surface area contributed by atoms with Crippen LogP contribution in [0.15, 0.2) is 40.2 Å². The van der Waals surface area contributed by atoms with E-state index in [1.54, 1.807) is 35.7 Å². The highest BCUT2D eigenvalue weighted by Gasteiger charge is 2.15. The van der Waals surface area contributed by atoms with Crippen LogP contribution in [0.5, 0.6) is 5.75 Å². The zero-order chi connectivity index (χ0) is 15.9. The van der Waals surface area contributed by atoms with Gasteiger partial charge in [-0.3, -0.25) is 20.4 Å². The Labute approximate surface area is 140 Å². The number of ether oxygens (including phenoxy) is 1. The molecule has 116 valence electrons. The lowest BCUT2D eigenvalue weighted by Gasteiger charge is -2.12. The first kappa shape index (κ1) is 16.5. The summed E-state index contributed by atoms with van der Waals surface area (Å²) in [7, 11) is 0. The lowest BCUT2D eigenvalue weighted by Crippen LogP contribution is -2.41. The maximum Gasteiger partial charge on any atom is 0.279 e. The third-order valence-corrected chi connectivity index (χ3v) is 4.04. The summed E-state index contributed by atoms with van der Waals surface area (Å²) in [6, 6.07) is 8.62. The summed E-state index contributed by atoms with van der Waals surface area (Å²) < 4.78 is 6.30. The molecule has 2 N–H and O–H groups in total. The summed E-state index contributed by atoms with van der Waals surface area (Å²) in [5.74, 6) is -0.306. The predicted molar refractivity (Wildman–Crippen MR) is 89.2 cm³/mol. The summed E-state index contributed by atoms with van der Waals surface area (Å²) in [6.45, 7) is 2.50. The van der Waals surface area contributed by atoms with Crippen molar-refractivity contribution in [3.63, 3.8) is 0 Å². The Kier molecular flexibility index (Phi) is 5.97. The fourth-order valence-electron chi connectivity index (χ4n) is 1.67. The molecule has 0 aliphatic heterocycles. The van der Waals surface area contributed by atoms with Crippen molar-refractivity contribution in [2.24, 2.45) is 0 Å². The number of hydrazine groups is 1. The van der Waals surface area contributed by atoms with Gasteiger partial charge in [0.1, 0.15) is 5.75 Å². The molecule has 22 heavy (non-hydrogen) atoms. The van der Waals surface area contributed by atoms with Crippen molar-refractivity contribution in [2.45, 2.75) is 13.3 Å². The average molecular weight is 383 g/mol. The highest BCUT2D eigenvalue weighted by molar-refractivity contribution is 9.10. The highest BCUT2D eigenvalue weighted by atomic mass is 79.9. The first-order chi connectivity index (χ1) is 10.6. The predicted octanol–water partition coefficient (Wildman–Crippen LogP) is 3.37. The van der Waals surface area contributed by atoms with Crippen molar-refractivity contribution in [3.8, 4) is 5.75 Å². The second-order valence-electron chi connectivity index (χ2n) is 4.37. The minimum atomic E-state index is -0.433. The minimum Gasteiger partial charge on any atom is -0.493 e. The van der Waals surface area contributed by atoms with Crippen molar-refractivity contribution >= 4 is 39.1 Å². The summed E-state index contributed by atoms with van der Waals surface area (Å²) in [5, 5.41) is 1.79. The number of hydrogen-bond acceptors (Lipinski definition) is 4. The molecule has 0 aliphatic rings. The Morgan fingerprint density at radius 2 is 2.00 bits per heavy atom. The van der Waals surface area contributed by atoms with Crippen molar-refractivity contribution in [2.75, 3.05) is 6.61 Å². The topological polar surface area (TPSA) is 67.4 Å². The molecule has 0 saturated heterocycles. The largest absolute Gasteiger partial charge is 0.493 e. The molecular weight excluding hydrogens is 368 g/mol. The fraction of sp³-hybridized carbons (Fsp3) is 0.200. The standard InChI is InChI=1S/C15H15BrN2O3S/c1-2-7-21-12-6-5-10(16)9-11(12)14(19)17-18-15(20)13-4-3-8-22-13/h3-6,8-9H,2,7H2,1H3,(H,17,19)(H,18,20). The number of halogens is 1. The number of carbonyl (C=O) groups excluding carboxylic acids is 2. The number of thiophene rings is 1. The van der Waals surface area contributed by atoms with Gasteiger partial charge in [-0.05, 0) is 36.1 Å². The lowest BCUT2D eigenvalue weighted by atomic mass is 10.2. The molecule has 1 heterocycles. The molecule has 7 heteroatoms. The van der Waals surface area contributed by atoms with E-state index in [4.69, 9.17) is 4.74 Å². The summed E-state index contributed by atoms with van der Waals surface area (Å²) in [6.07, 6.45) is 0.840. The zero-order valence-electron chi connectivity index (χ0n) is 11.9. The van der Waals surface area contributed by atoms with Gasteiger partial charge in [-0.1, -0.05) is 28.9 Å². The maximum absolute atomic E-state index is 12.2. The van der Waals surface area contributed by atoms with Crippen LogP contribution in [0, 0.1) is 0 Å². The van der Waals surface area contributed by atoms with Crippen LogP contribution in [0.3, 0.4) is 0 Å². The molecule has 0 aliphatic carbocycles. The molecule has 0 radical (unpaired) electrons. The van der Waals surface area contributed by atoms with E-state index in [1.807, 2.05) is 6.92 Å². The van der Waals surface area contributed by atoms with Crippen LogP contribution in [0.4, 0.5) is 0 Å². The molecule has 5 nitrogen and oxygen atoms in total. The van der Waals surface area contributed by atoms with Crippen molar-refractivity contribution in [1.29, 1.82) is 0 Å². The van der Waals surface area contributed by atoms with Crippen LogP contribution in [-0.2, 0) is 0 Å². The van der Waals surface area contributed by atoms with Crippen LogP contribution >= 0.6 is 27.3 Å². The van der Waals surface area contributed by atoms with Crippen LogP contribution in [0.2, 0.25) is 0 Å². The molecule has 2 aromatic rings. The number of rotatable bonds is 5. The second kappa shape index (κ2) is 7.95. The van der Waals surface area contributed by atoms with E-state index in [2.05, 4.69) is 26.8 Å². The maximum atomic E-state index is 12.2. The van der Waals surface area contributed by atoms with E-state index >= 15 is 0 Å². The molecule has 0 spiro atoms. The molecule has 0 fully saturated rings. The van der Waals surface area contributed by atoms with Crippen molar-refractivity contribution in [1.82, 2.24) is 10.9 Å². The van der Waals surface area contributed by atoms with Crippen LogP contribution < -0.4 is 15.6 Å². The highest BCUT2D eigenvalue weighted by Crippen LogP contribution is 2.23. The molecule has 1 aromatic carbocycles. The van der Waals surface area contributed by atoms with E-state index in [0.717, 1.165) is 10.9 Å². The quantitative estimate of drug-likeness (QED) is 0.778. The molecule has 0 atom stereocenters. The molecule has 1 aromatic heterocycles. The summed E-state index contributed by atoms with van der Waals surface area (Å²) in [5.41, 5.74) is 5.14. The number of benzene rings is 1. The molecular formula is C15H15BrN2O3S. The summed E-state index contributed by atoms with van der Waals surface area (Å²) in [4.78, 5) is 24.6. The Morgan fingerprint density at radius 1 is 1.23 bits per heavy atom. The van der Waals surface area contributed by atoms with E-state index in [-0.39, 0.29) is 5.91 Å². The van der Waals surface area contributed by atoms with Crippen LogP contribution in [0.1, 0.15) is 33.4 Å². The Bertz CT molecular complexity index is 659. The first-order valence-corrected chi connectivity index (χ1v) is 8.35. The van der Waals surface area contributed by atoms with Crippen molar-refractivity contribution < 1.29 is 14.3 Å².